The van der Waals surface area contributed by atoms with Gasteiger partial charge in [-0.1, -0.05) is 0 Å². The zero-order valence-electron chi connectivity index (χ0n) is 11.8. The lowest BCUT2D eigenvalue weighted by Crippen LogP contribution is -2.47. The van der Waals surface area contributed by atoms with E-state index in [0.29, 0.717) is 25.0 Å². The van der Waals surface area contributed by atoms with Gasteiger partial charge in [0.25, 0.3) is 0 Å². The molecular weight excluding hydrogens is 230 g/mol. The molecule has 106 valence electrons. The molecule has 1 atom stereocenters. The number of hydrogen-bond donors (Lipinski definition) is 2. The average molecular weight is 257 g/mol. The van der Waals surface area contributed by atoms with Crippen LogP contribution in [0.2, 0.25) is 0 Å². The molecule has 1 aliphatic heterocycles. The lowest BCUT2D eigenvalue weighted by molar-refractivity contribution is -0.124. The number of carbonyl (C=O) groups is 1. The summed E-state index contributed by atoms with van der Waals surface area (Å²) in [5, 5.41) is 3.08. The molecule has 1 heterocycles. The highest BCUT2D eigenvalue weighted by atomic mass is 16.5. The molecule has 1 fully saturated rings. The number of likely N-dealkylation sites (tertiary alicyclic amines) is 1. The fraction of sp³-hybridized carbons (Fsp3) is 0.923. The van der Waals surface area contributed by atoms with E-state index in [2.05, 4.69) is 24.1 Å². The van der Waals surface area contributed by atoms with Crippen molar-refractivity contribution in [3.05, 3.63) is 0 Å². The zero-order chi connectivity index (χ0) is 13.5. The van der Waals surface area contributed by atoms with Gasteiger partial charge in [-0.25, -0.2) is 0 Å². The zero-order valence-corrected chi connectivity index (χ0v) is 11.8. The second-order valence-corrected chi connectivity index (χ2v) is 5.27. The molecule has 0 bridgehead atoms. The van der Waals surface area contributed by atoms with Gasteiger partial charge in [-0.05, 0) is 26.7 Å². The smallest absolute Gasteiger partial charge is 0.222 e. The molecule has 0 radical (unpaired) electrons. The summed E-state index contributed by atoms with van der Waals surface area (Å²) in [5.74, 6) is 0.0512. The fourth-order valence-corrected chi connectivity index (χ4v) is 2.32. The summed E-state index contributed by atoms with van der Waals surface area (Å²) in [6, 6.07) is 0.902. The van der Waals surface area contributed by atoms with Crippen LogP contribution in [0.3, 0.4) is 0 Å². The first-order valence-corrected chi connectivity index (χ1v) is 6.83. The van der Waals surface area contributed by atoms with Crippen LogP contribution >= 0.6 is 0 Å². The number of nitrogens with zero attached hydrogens (tertiary/aromatic N) is 1. The maximum absolute atomic E-state index is 11.8. The van der Waals surface area contributed by atoms with Gasteiger partial charge in [0.1, 0.15) is 0 Å². The monoisotopic (exact) mass is 257 g/mol. The Morgan fingerprint density at radius 3 is 2.50 bits per heavy atom. The molecule has 0 aromatic rings. The van der Waals surface area contributed by atoms with Crippen molar-refractivity contribution in [2.45, 2.75) is 51.3 Å². The molecule has 18 heavy (non-hydrogen) atoms. The summed E-state index contributed by atoms with van der Waals surface area (Å²) in [7, 11) is 1.59. The molecule has 1 aliphatic rings. The number of hydrogen-bond acceptors (Lipinski definition) is 4. The Hall–Kier alpha value is -0.650. The van der Waals surface area contributed by atoms with Gasteiger partial charge < -0.3 is 20.7 Å². The van der Waals surface area contributed by atoms with Crippen molar-refractivity contribution in [3.8, 4) is 0 Å². The quantitative estimate of drug-likeness (QED) is 0.720. The van der Waals surface area contributed by atoms with Crippen LogP contribution < -0.4 is 11.1 Å². The van der Waals surface area contributed by atoms with Gasteiger partial charge in [0.15, 0.2) is 0 Å². The normalized spacial score (nSPS) is 20.1. The van der Waals surface area contributed by atoms with Gasteiger partial charge >= 0.3 is 0 Å². The van der Waals surface area contributed by atoms with Crippen molar-refractivity contribution < 1.29 is 9.53 Å². The number of piperidine rings is 1. The average Bonchev–Trinajstić information content (AvgIpc) is 2.36. The Kier molecular flexibility index (Phi) is 6.60. The maximum Gasteiger partial charge on any atom is 0.222 e. The van der Waals surface area contributed by atoms with Crippen LogP contribution in [0.1, 0.15) is 33.1 Å². The molecule has 1 saturated heterocycles. The standard InChI is InChI=1S/C13H27N3O2/c1-10(2)16-6-4-11(5-7-16)15-13(17)8-12(9-14)18-3/h10-12H,4-9,14H2,1-3H3,(H,15,17). The Morgan fingerprint density at radius 2 is 2.06 bits per heavy atom. The van der Waals surface area contributed by atoms with E-state index in [0.717, 1.165) is 25.9 Å². The summed E-state index contributed by atoms with van der Waals surface area (Å²) in [6.45, 7) is 6.93. The molecule has 0 aromatic heterocycles. The summed E-state index contributed by atoms with van der Waals surface area (Å²) in [4.78, 5) is 14.2. The molecule has 1 amide bonds. The van der Waals surface area contributed by atoms with Gasteiger partial charge in [0, 0.05) is 38.8 Å². The van der Waals surface area contributed by atoms with Crippen LogP contribution in [0.15, 0.2) is 0 Å². The van der Waals surface area contributed by atoms with Crippen LogP contribution in [0.25, 0.3) is 0 Å². The van der Waals surface area contributed by atoms with Crippen molar-refractivity contribution in [2.75, 3.05) is 26.7 Å². The molecule has 5 heteroatoms. The van der Waals surface area contributed by atoms with E-state index in [4.69, 9.17) is 10.5 Å². The van der Waals surface area contributed by atoms with Crippen LogP contribution in [0, 0.1) is 0 Å². The van der Waals surface area contributed by atoms with E-state index in [1.165, 1.54) is 0 Å². The predicted octanol–water partition coefficient (Wildman–Crippen LogP) is 0.339. The molecule has 0 aromatic carbocycles. The number of ether oxygens (including phenoxy) is 1. The Morgan fingerprint density at radius 1 is 1.44 bits per heavy atom. The van der Waals surface area contributed by atoms with Crippen molar-refractivity contribution >= 4 is 5.91 Å². The largest absolute Gasteiger partial charge is 0.380 e. The maximum atomic E-state index is 11.8. The third-order valence-electron chi connectivity index (χ3n) is 3.63. The van der Waals surface area contributed by atoms with E-state index in [-0.39, 0.29) is 12.0 Å². The number of carbonyl (C=O) groups excluding carboxylic acids is 1. The predicted molar refractivity (Wildman–Crippen MR) is 72.3 cm³/mol. The molecule has 3 N–H and O–H groups in total. The topological polar surface area (TPSA) is 67.6 Å². The third-order valence-corrected chi connectivity index (χ3v) is 3.63. The lowest BCUT2D eigenvalue weighted by atomic mass is 10.0. The highest BCUT2D eigenvalue weighted by Gasteiger charge is 2.22. The van der Waals surface area contributed by atoms with Crippen molar-refractivity contribution in [1.29, 1.82) is 0 Å². The molecule has 0 aliphatic carbocycles. The summed E-state index contributed by atoms with van der Waals surface area (Å²) in [5.41, 5.74) is 5.50. The Bertz CT molecular complexity index is 247. The molecule has 5 nitrogen and oxygen atoms in total. The van der Waals surface area contributed by atoms with Crippen LogP contribution in [-0.2, 0) is 9.53 Å². The molecule has 1 unspecified atom stereocenters. The van der Waals surface area contributed by atoms with E-state index in [1.807, 2.05) is 0 Å². The first-order valence-electron chi connectivity index (χ1n) is 6.83. The highest BCUT2D eigenvalue weighted by Crippen LogP contribution is 2.13. The third kappa shape index (κ3) is 4.92. The molecule has 0 saturated carbocycles. The fourth-order valence-electron chi connectivity index (χ4n) is 2.32. The number of methoxy groups -OCH3 is 1. The first-order chi connectivity index (χ1) is 8.56. The number of rotatable bonds is 6. The second kappa shape index (κ2) is 7.71. The summed E-state index contributed by atoms with van der Waals surface area (Å²) < 4.78 is 5.11. The van der Waals surface area contributed by atoms with E-state index in [1.54, 1.807) is 7.11 Å². The number of amides is 1. The Balaban J connectivity index is 2.26. The molecule has 1 rings (SSSR count). The van der Waals surface area contributed by atoms with Crippen molar-refractivity contribution in [3.63, 3.8) is 0 Å². The first kappa shape index (κ1) is 15.4. The van der Waals surface area contributed by atoms with Gasteiger partial charge in [0.2, 0.25) is 5.91 Å². The second-order valence-electron chi connectivity index (χ2n) is 5.27. The van der Waals surface area contributed by atoms with Crippen LogP contribution in [0.4, 0.5) is 0 Å². The SMILES string of the molecule is COC(CN)CC(=O)NC1CCN(C(C)C)CC1. The van der Waals surface area contributed by atoms with Gasteiger partial charge in [-0.3, -0.25) is 4.79 Å². The van der Waals surface area contributed by atoms with Crippen LogP contribution in [-0.4, -0.2) is 55.7 Å². The van der Waals surface area contributed by atoms with Crippen LogP contribution in [0.5, 0.6) is 0 Å². The minimum absolute atomic E-state index is 0.0512. The van der Waals surface area contributed by atoms with Crippen molar-refractivity contribution in [1.82, 2.24) is 10.2 Å². The van der Waals surface area contributed by atoms with Gasteiger partial charge in [-0.15, -0.1) is 0 Å². The summed E-state index contributed by atoms with van der Waals surface area (Å²) in [6.07, 6.45) is 2.26. The van der Waals surface area contributed by atoms with Crippen molar-refractivity contribution in [2.24, 2.45) is 5.73 Å². The minimum Gasteiger partial charge on any atom is -0.380 e. The molecular formula is C13H27N3O2. The Labute approximate surface area is 110 Å². The minimum atomic E-state index is -0.166. The van der Waals surface area contributed by atoms with Gasteiger partial charge in [0.05, 0.1) is 12.5 Å². The molecule has 0 spiro atoms. The van der Waals surface area contributed by atoms with E-state index in [9.17, 15) is 4.79 Å². The number of nitrogens with one attached hydrogen (secondary N) is 1. The van der Waals surface area contributed by atoms with Gasteiger partial charge in [-0.2, -0.15) is 0 Å². The highest BCUT2D eigenvalue weighted by molar-refractivity contribution is 5.76. The van der Waals surface area contributed by atoms with E-state index < -0.39 is 0 Å². The van der Waals surface area contributed by atoms with E-state index >= 15 is 0 Å². The summed E-state index contributed by atoms with van der Waals surface area (Å²) >= 11 is 0. The number of nitrogens with two attached hydrogens (primary N) is 1. The lowest BCUT2D eigenvalue weighted by Gasteiger charge is -2.35.